The van der Waals surface area contributed by atoms with Gasteiger partial charge in [0.05, 0.1) is 0 Å². The van der Waals surface area contributed by atoms with E-state index in [2.05, 4.69) is 27.8 Å². The van der Waals surface area contributed by atoms with Crippen LogP contribution in [0.4, 0.5) is 5.69 Å². The fourth-order valence-corrected chi connectivity index (χ4v) is 1.83. The molecule has 4 heteroatoms. The second-order valence-corrected chi connectivity index (χ2v) is 4.05. The molecule has 0 heterocycles. The zero-order valence-electron chi connectivity index (χ0n) is 7.39. The van der Waals surface area contributed by atoms with E-state index < -0.39 is 0 Å². The van der Waals surface area contributed by atoms with Gasteiger partial charge in [-0.05, 0) is 18.2 Å². The molecule has 0 saturated carbocycles. The molecule has 0 aliphatic heterocycles. The summed E-state index contributed by atoms with van der Waals surface area (Å²) in [4.78, 5) is 11.2. The van der Waals surface area contributed by atoms with Crippen LogP contribution >= 0.6 is 27.5 Å². The van der Waals surface area contributed by atoms with Crippen LogP contribution in [0.5, 0.6) is 0 Å². The van der Waals surface area contributed by atoms with E-state index in [0.717, 1.165) is 4.47 Å². The third kappa shape index (κ3) is 3.52. The van der Waals surface area contributed by atoms with Crippen LogP contribution in [0, 0.1) is 0 Å². The van der Waals surface area contributed by atoms with Gasteiger partial charge >= 0.3 is 0 Å². The van der Waals surface area contributed by atoms with Crippen molar-refractivity contribution in [2.75, 3.05) is 5.32 Å². The Kier molecular flexibility index (Phi) is 4.17. The van der Waals surface area contributed by atoms with Gasteiger partial charge in [0.25, 0.3) is 0 Å². The molecule has 14 heavy (non-hydrogen) atoms. The van der Waals surface area contributed by atoms with Crippen LogP contribution in [0.25, 0.3) is 0 Å². The van der Waals surface area contributed by atoms with Crippen molar-refractivity contribution < 1.29 is 4.79 Å². The van der Waals surface area contributed by atoms with Gasteiger partial charge in [0, 0.05) is 21.6 Å². The zero-order valence-corrected chi connectivity index (χ0v) is 9.73. The van der Waals surface area contributed by atoms with Crippen molar-refractivity contribution in [3.8, 4) is 0 Å². The van der Waals surface area contributed by atoms with Gasteiger partial charge in [0.15, 0.2) is 0 Å². The van der Waals surface area contributed by atoms with Gasteiger partial charge in [-0.1, -0.05) is 33.6 Å². The lowest BCUT2D eigenvalue weighted by Gasteiger charge is -2.04. The third-order valence-corrected chi connectivity index (χ3v) is 2.15. The molecule has 1 aromatic rings. The zero-order chi connectivity index (χ0) is 10.6. The minimum absolute atomic E-state index is 0.103. The summed E-state index contributed by atoms with van der Waals surface area (Å²) in [5.41, 5.74) is 0.677. The van der Waals surface area contributed by atoms with Crippen molar-refractivity contribution in [1.82, 2.24) is 0 Å². The van der Waals surface area contributed by atoms with Crippen molar-refractivity contribution >= 4 is 39.1 Å². The molecule has 0 unspecified atom stereocenters. The maximum absolute atomic E-state index is 11.2. The van der Waals surface area contributed by atoms with Gasteiger partial charge in [0.2, 0.25) is 5.91 Å². The summed E-state index contributed by atoms with van der Waals surface area (Å²) in [6.45, 7) is 3.48. The van der Waals surface area contributed by atoms with Crippen molar-refractivity contribution in [1.29, 1.82) is 0 Å². The number of carbonyl (C=O) groups is 1. The van der Waals surface area contributed by atoms with Gasteiger partial charge in [-0.15, -0.1) is 6.58 Å². The topological polar surface area (TPSA) is 29.1 Å². The monoisotopic (exact) mass is 273 g/mol. The first kappa shape index (κ1) is 11.3. The van der Waals surface area contributed by atoms with Crippen molar-refractivity contribution in [2.45, 2.75) is 6.42 Å². The molecule has 0 bridgehead atoms. The smallest absolute Gasteiger partial charge is 0.228 e. The lowest BCUT2D eigenvalue weighted by atomic mass is 10.3. The Morgan fingerprint density at radius 2 is 2.29 bits per heavy atom. The summed E-state index contributed by atoms with van der Waals surface area (Å²) in [6.07, 6.45) is 1.85. The van der Waals surface area contributed by atoms with Crippen molar-refractivity contribution in [3.05, 3.63) is 40.3 Å². The average Bonchev–Trinajstić information content (AvgIpc) is 2.01. The summed E-state index contributed by atoms with van der Waals surface area (Å²) in [6, 6.07) is 5.23. The number of hydrogen-bond acceptors (Lipinski definition) is 1. The SMILES string of the molecule is C=CCC(=O)Nc1cc(Cl)cc(Br)c1. The Hall–Kier alpha value is -0.800. The number of carbonyl (C=O) groups excluding carboxylic acids is 1. The highest BCUT2D eigenvalue weighted by Crippen LogP contribution is 2.22. The van der Waals surface area contributed by atoms with E-state index in [0.29, 0.717) is 17.1 Å². The molecule has 1 aromatic carbocycles. The summed E-state index contributed by atoms with van der Waals surface area (Å²) in [5, 5.41) is 3.28. The quantitative estimate of drug-likeness (QED) is 0.838. The number of rotatable bonds is 3. The third-order valence-electron chi connectivity index (χ3n) is 1.48. The normalized spacial score (nSPS) is 9.57. The van der Waals surface area contributed by atoms with Crippen LogP contribution in [-0.4, -0.2) is 5.91 Å². The molecule has 0 fully saturated rings. The predicted octanol–water partition coefficient (Wildman–Crippen LogP) is 3.62. The number of anilines is 1. The Balaban J connectivity index is 2.76. The first-order valence-corrected chi connectivity index (χ1v) is 5.16. The van der Waals surface area contributed by atoms with Gasteiger partial charge in [-0.3, -0.25) is 4.79 Å². The van der Waals surface area contributed by atoms with Crippen LogP contribution in [0.2, 0.25) is 5.02 Å². The molecule has 0 spiro atoms. The maximum Gasteiger partial charge on any atom is 0.228 e. The van der Waals surface area contributed by atoms with E-state index in [4.69, 9.17) is 11.6 Å². The predicted molar refractivity (Wildman–Crippen MR) is 62.6 cm³/mol. The van der Waals surface area contributed by atoms with Gasteiger partial charge < -0.3 is 5.32 Å². The second-order valence-electron chi connectivity index (χ2n) is 2.70. The Morgan fingerprint density at radius 3 is 2.86 bits per heavy atom. The van der Waals surface area contributed by atoms with Crippen LogP contribution in [0.3, 0.4) is 0 Å². The van der Waals surface area contributed by atoms with E-state index in [-0.39, 0.29) is 5.91 Å². The van der Waals surface area contributed by atoms with Gasteiger partial charge in [-0.25, -0.2) is 0 Å². The Bertz CT molecular complexity index is 345. The standard InChI is InChI=1S/C10H9BrClNO/c1-2-3-10(14)13-9-5-7(11)4-8(12)6-9/h2,4-6H,1,3H2,(H,13,14). The number of nitrogens with one attached hydrogen (secondary N) is 1. The molecule has 2 nitrogen and oxygen atoms in total. The number of halogens is 2. The van der Waals surface area contributed by atoms with Crippen molar-refractivity contribution in [2.24, 2.45) is 0 Å². The van der Waals surface area contributed by atoms with Crippen molar-refractivity contribution in [3.63, 3.8) is 0 Å². The highest BCUT2D eigenvalue weighted by Gasteiger charge is 2.01. The molecule has 0 aromatic heterocycles. The number of hydrogen-bond donors (Lipinski definition) is 1. The minimum Gasteiger partial charge on any atom is -0.326 e. The molecule has 1 rings (SSSR count). The van der Waals surface area contributed by atoms with E-state index in [1.165, 1.54) is 0 Å². The minimum atomic E-state index is -0.103. The number of benzene rings is 1. The summed E-state index contributed by atoms with van der Waals surface area (Å²) < 4.78 is 0.832. The van der Waals surface area contributed by atoms with Crippen LogP contribution in [0.1, 0.15) is 6.42 Å². The Morgan fingerprint density at radius 1 is 1.57 bits per heavy atom. The van der Waals surface area contributed by atoms with Gasteiger partial charge in [-0.2, -0.15) is 0 Å². The molecular formula is C10H9BrClNO. The molecule has 0 saturated heterocycles. The number of amides is 1. The molecule has 0 aliphatic carbocycles. The van der Waals surface area contributed by atoms with Crippen LogP contribution in [0.15, 0.2) is 35.3 Å². The Labute approximate surface area is 96.1 Å². The first-order chi connectivity index (χ1) is 6.61. The molecule has 0 aliphatic rings. The fraction of sp³-hybridized carbons (Fsp3) is 0.100. The van der Waals surface area contributed by atoms with E-state index in [1.807, 2.05) is 0 Å². The largest absolute Gasteiger partial charge is 0.326 e. The highest BCUT2D eigenvalue weighted by molar-refractivity contribution is 9.10. The first-order valence-electron chi connectivity index (χ1n) is 3.98. The summed E-state index contributed by atoms with van der Waals surface area (Å²) in [5.74, 6) is -0.103. The molecular weight excluding hydrogens is 265 g/mol. The van der Waals surface area contributed by atoms with Crippen LogP contribution < -0.4 is 5.32 Å². The van der Waals surface area contributed by atoms with E-state index >= 15 is 0 Å². The molecule has 0 radical (unpaired) electrons. The summed E-state index contributed by atoms with van der Waals surface area (Å²) in [7, 11) is 0. The molecule has 0 atom stereocenters. The molecule has 1 N–H and O–H groups in total. The van der Waals surface area contributed by atoms with E-state index in [1.54, 1.807) is 24.3 Å². The van der Waals surface area contributed by atoms with Gasteiger partial charge in [0.1, 0.15) is 0 Å². The summed E-state index contributed by atoms with van der Waals surface area (Å²) >= 11 is 9.10. The highest BCUT2D eigenvalue weighted by atomic mass is 79.9. The maximum atomic E-state index is 11.2. The lowest BCUT2D eigenvalue weighted by Crippen LogP contribution is -2.09. The fourth-order valence-electron chi connectivity index (χ4n) is 0.969. The van der Waals surface area contributed by atoms with Crippen LogP contribution in [-0.2, 0) is 4.79 Å². The van der Waals surface area contributed by atoms with E-state index in [9.17, 15) is 4.79 Å². The second kappa shape index (κ2) is 5.17. The lowest BCUT2D eigenvalue weighted by molar-refractivity contribution is -0.115. The average molecular weight is 275 g/mol. The molecule has 1 amide bonds. The molecule has 74 valence electrons.